The van der Waals surface area contributed by atoms with Gasteiger partial charge < -0.3 is 23.7 Å². The van der Waals surface area contributed by atoms with Gasteiger partial charge in [0.25, 0.3) is 0 Å². The van der Waals surface area contributed by atoms with Crippen LogP contribution in [0.5, 0.6) is 11.5 Å². The Kier molecular flexibility index (Phi) is 8.36. The van der Waals surface area contributed by atoms with Gasteiger partial charge in [-0.1, -0.05) is 42.5 Å². The number of rotatable bonds is 12. The molecular formula is C29H29NO6. The van der Waals surface area contributed by atoms with E-state index in [9.17, 15) is 9.90 Å². The van der Waals surface area contributed by atoms with Crippen molar-refractivity contribution in [1.82, 2.24) is 4.98 Å². The molecule has 4 aromatic rings. The van der Waals surface area contributed by atoms with Crippen LogP contribution in [0.25, 0.3) is 11.5 Å². The molecule has 0 spiro atoms. The molecule has 186 valence electrons. The summed E-state index contributed by atoms with van der Waals surface area (Å²) in [4.78, 5) is 16.0. The lowest BCUT2D eigenvalue weighted by Gasteiger charge is -2.19. The topological polar surface area (TPSA) is 91.0 Å². The summed E-state index contributed by atoms with van der Waals surface area (Å²) >= 11 is 0. The fraction of sp³-hybridized carbons (Fsp3) is 0.241. The summed E-state index contributed by atoms with van der Waals surface area (Å²) in [6.07, 6.45) is 0.393. The molecule has 0 saturated heterocycles. The van der Waals surface area contributed by atoms with Crippen molar-refractivity contribution in [3.8, 4) is 23.0 Å². The zero-order valence-electron chi connectivity index (χ0n) is 20.3. The summed E-state index contributed by atoms with van der Waals surface area (Å²) in [5.41, 5.74) is 2.87. The Labute approximate surface area is 210 Å². The molecule has 0 bridgehead atoms. The highest BCUT2D eigenvalue weighted by atomic mass is 16.5. The summed E-state index contributed by atoms with van der Waals surface area (Å²) in [7, 11) is 0. The van der Waals surface area contributed by atoms with Crippen LogP contribution in [0.4, 0.5) is 0 Å². The third-order valence-corrected chi connectivity index (χ3v) is 5.62. The molecule has 3 aromatic carbocycles. The highest BCUT2D eigenvalue weighted by Gasteiger charge is 2.16. The molecule has 0 amide bonds. The van der Waals surface area contributed by atoms with Crippen LogP contribution in [0.2, 0.25) is 0 Å². The van der Waals surface area contributed by atoms with E-state index < -0.39 is 5.97 Å². The third kappa shape index (κ3) is 6.52. The summed E-state index contributed by atoms with van der Waals surface area (Å²) in [6.45, 7) is 4.87. The second-order valence-electron chi connectivity index (χ2n) is 8.21. The van der Waals surface area contributed by atoms with Crippen LogP contribution in [0.1, 0.15) is 34.3 Å². The molecule has 4 rings (SSSR count). The second kappa shape index (κ2) is 12.0. The number of ether oxygens (including phenoxy) is 3. The Hall–Kier alpha value is -4.10. The molecule has 7 nitrogen and oxygen atoms in total. The quantitative estimate of drug-likeness (QED) is 0.264. The van der Waals surface area contributed by atoms with Crippen LogP contribution in [0.3, 0.4) is 0 Å². The Bertz CT molecular complexity index is 1270. The lowest BCUT2D eigenvalue weighted by Crippen LogP contribution is -2.25. The lowest BCUT2D eigenvalue weighted by atomic mass is 10.1. The Balaban J connectivity index is 1.33. The molecule has 0 saturated carbocycles. The summed E-state index contributed by atoms with van der Waals surface area (Å²) in [5, 5.41) is 9.35. The molecule has 36 heavy (non-hydrogen) atoms. The van der Waals surface area contributed by atoms with Gasteiger partial charge in [0.2, 0.25) is 5.89 Å². The van der Waals surface area contributed by atoms with E-state index in [0.29, 0.717) is 31.3 Å². The number of carboxylic acid groups (broad SMARTS) is 1. The van der Waals surface area contributed by atoms with Crippen molar-refractivity contribution in [3.05, 3.63) is 101 Å². The molecule has 0 radical (unpaired) electrons. The van der Waals surface area contributed by atoms with E-state index in [4.69, 9.17) is 18.6 Å². The van der Waals surface area contributed by atoms with Crippen molar-refractivity contribution in [2.24, 2.45) is 0 Å². The van der Waals surface area contributed by atoms with Gasteiger partial charge in [-0.15, -0.1) is 0 Å². The van der Waals surface area contributed by atoms with E-state index in [2.05, 4.69) is 4.98 Å². The minimum absolute atomic E-state index is 0.132. The highest BCUT2D eigenvalue weighted by molar-refractivity contribution is 5.90. The standard InChI is InChI=1S/C29H29NO6/c1-3-33-24(18-35-27-12-8-7-11-25(27)29(31)32)17-21-13-15-23(16-14-21)34-19-26-20(2)36-28(30-26)22-9-5-4-6-10-22/h4-16,24H,3,17-19H2,1-2H3,(H,31,32)/t24-/m0/s1. The molecule has 0 aliphatic heterocycles. The van der Waals surface area contributed by atoms with Gasteiger partial charge in [0, 0.05) is 18.6 Å². The number of oxazole rings is 1. The number of para-hydroxylation sites is 1. The van der Waals surface area contributed by atoms with E-state index in [-0.39, 0.29) is 18.3 Å². The lowest BCUT2D eigenvalue weighted by molar-refractivity contribution is 0.0275. The number of aromatic nitrogens is 1. The van der Waals surface area contributed by atoms with Crippen LogP contribution in [-0.4, -0.2) is 35.4 Å². The number of aryl methyl sites for hydroxylation is 1. The third-order valence-electron chi connectivity index (χ3n) is 5.62. The first-order valence-corrected chi connectivity index (χ1v) is 11.8. The van der Waals surface area contributed by atoms with E-state index in [0.717, 1.165) is 28.3 Å². The van der Waals surface area contributed by atoms with Crippen LogP contribution < -0.4 is 9.47 Å². The first-order chi connectivity index (χ1) is 17.5. The van der Waals surface area contributed by atoms with Crippen LogP contribution >= 0.6 is 0 Å². The summed E-state index contributed by atoms with van der Waals surface area (Å²) in [5.74, 6) is 1.34. The largest absolute Gasteiger partial charge is 0.490 e. The molecule has 1 N–H and O–H groups in total. The maximum absolute atomic E-state index is 11.4. The molecule has 0 unspecified atom stereocenters. The van der Waals surface area contributed by atoms with Crippen LogP contribution in [-0.2, 0) is 17.8 Å². The van der Waals surface area contributed by atoms with Gasteiger partial charge in [0.05, 0.1) is 6.10 Å². The number of aromatic carboxylic acids is 1. The predicted octanol–water partition coefficient (Wildman–Crippen LogP) is 5.95. The van der Waals surface area contributed by atoms with Crippen molar-refractivity contribution in [1.29, 1.82) is 0 Å². The van der Waals surface area contributed by atoms with Crippen molar-refractivity contribution in [3.63, 3.8) is 0 Å². The van der Waals surface area contributed by atoms with Gasteiger partial charge in [-0.3, -0.25) is 0 Å². The van der Waals surface area contributed by atoms with Gasteiger partial charge in [0.1, 0.15) is 41.7 Å². The van der Waals surface area contributed by atoms with E-state index >= 15 is 0 Å². The fourth-order valence-electron chi connectivity index (χ4n) is 3.76. The first kappa shape index (κ1) is 25.0. The zero-order valence-corrected chi connectivity index (χ0v) is 20.3. The zero-order chi connectivity index (χ0) is 25.3. The van der Waals surface area contributed by atoms with E-state index in [1.807, 2.05) is 68.4 Å². The smallest absolute Gasteiger partial charge is 0.339 e. The average molecular weight is 488 g/mol. The number of hydrogen-bond acceptors (Lipinski definition) is 6. The maximum atomic E-state index is 11.4. The number of carbonyl (C=O) groups is 1. The summed E-state index contributed by atoms with van der Waals surface area (Å²) < 4.78 is 23.4. The van der Waals surface area contributed by atoms with Gasteiger partial charge in [-0.05, 0) is 55.8 Å². The molecule has 1 atom stereocenters. The van der Waals surface area contributed by atoms with Gasteiger partial charge in [0.15, 0.2) is 0 Å². The Morgan fingerprint density at radius 2 is 1.69 bits per heavy atom. The van der Waals surface area contributed by atoms with Gasteiger partial charge in [-0.2, -0.15) is 0 Å². The van der Waals surface area contributed by atoms with Gasteiger partial charge >= 0.3 is 5.97 Å². The SMILES string of the molecule is CCO[C@H](COc1ccccc1C(=O)O)Cc1ccc(OCc2nc(-c3ccccc3)oc2C)cc1. The van der Waals surface area contributed by atoms with Crippen molar-refractivity contribution in [2.45, 2.75) is 33.0 Å². The molecule has 1 aromatic heterocycles. The first-order valence-electron chi connectivity index (χ1n) is 11.8. The molecule has 0 aliphatic carbocycles. The predicted molar refractivity (Wildman–Crippen MR) is 135 cm³/mol. The summed E-state index contributed by atoms with van der Waals surface area (Å²) in [6, 6.07) is 24.1. The maximum Gasteiger partial charge on any atom is 0.339 e. The van der Waals surface area contributed by atoms with Crippen LogP contribution in [0.15, 0.2) is 83.3 Å². The number of benzene rings is 3. The monoisotopic (exact) mass is 487 g/mol. The number of hydrogen-bond donors (Lipinski definition) is 1. The fourth-order valence-corrected chi connectivity index (χ4v) is 3.76. The molecule has 0 fully saturated rings. The van der Waals surface area contributed by atoms with Gasteiger partial charge in [-0.25, -0.2) is 9.78 Å². The number of carboxylic acids is 1. The normalized spacial score (nSPS) is 11.7. The minimum atomic E-state index is -1.02. The Morgan fingerprint density at radius 3 is 2.42 bits per heavy atom. The van der Waals surface area contributed by atoms with E-state index in [1.54, 1.807) is 18.2 Å². The minimum Gasteiger partial charge on any atom is -0.490 e. The van der Waals surface area contributed by atoms with Crippen molar-refractivity contribution < 1.29 is 28.5 Å². The molecule has 1 heterocycles. The van der Waals surface area contributed by atoms with Crippen LogP contribution in [0, 0.1) is 6.92 Å². The van der Waals surface area contributed by atoms with Crippen molar-refractivity contribution in [2.75, 3.05) is 13.2 Å². The average Bonchev–Trinajstić information content (AvgIpc) is 3.28. The van der Waals surface area contributed by atoms with E-state index in [1.165, 1.54) is 6.07 Å². The Morgan fingerprint density at radius 1 is 0.972 bits per heavy atom. The number of nitrogens with zero attached hydrogens (tertiary/aromatic N) is 1. The molecular weight excluding hydrogens is 458 g/mol. The van der Waals surface area contributed by atoms with Crippen molar-refractivity contribution >= 4 is 5.97 Å². The second-order valence-corrected chi connectivity index (χ2v) is 8.21. The molecule has 0 aliphatic rings. The highest BCUT2D eigenvalue weighted by Crippen LogP contribution is 2.23. The molecule has 7 heteroatoms.